The molecule has 0 aromatic carbocycles. The summed E-state index contributed by atoms with van der Waals surface area (Å²) in [4.78, 5) is 16.2. The Kier molecular flexibility index (Phi) is 4.33. The molecule has 0 amide bonds. The summed E-state index contributed by atoms with van der Waals surface area (Å²) in [5, 5.41) is 0. The standard InChI is InChI=1S/C13H24N2O2/c1-13(2,3)15-8-12(16)10(7-14(4)5)11(15)9-17-6/h7,11H,8-9H2,1-6H3/b10-7+/t11-/m1/s1. The van der Waals surface area contributed by atoms with E-state index in [4.69, 9.17) is 4.74 Å². The highest BCUT2D eigenvalue weighted by Gasteiger charge is 2.41. The zero-order valence-corrected chi connectivity index (χ0v) is 11.8. The van der Waals surface area contributed by atoms with Gasteiger partial charge in [-0.3, -0.25) is 9.69 Å². The topological polar surface area (TPSA) is 32.8 Å². The van der Waals surface area contributed by atoms with Crippen molar-refractivity contribution in [1.29, 1.82) is 0 Å². The smallest absolute Gasteiger partial charge is 0.175 e. The lowest BCUT2D eigenvalue weighted by Gasteiger charge is -2.36. The predicted octanol–water partition coefficient (Wildman–Crippen LogP) is 1.13. The summed E-state index contributed by atoms with van der Waals surface area (Å²) in [6.45, 7) is 7.42. The van der Waals surface area contributed by atoms with Crippen LogP contribution in [-0.2, 0) is 9.53 Å². The van der Waals surface area contributed by atoms with E-state index in [-0.39, 0.29) is 17.4 Å². The molecule has 0 unspecified atom stereocenters. The van der Waals surface area contributed by atoms with E-state index in [1.54, 1.807) is 7.11 Å². The summed E-state index contributed by atoms with van der Waals surface area (Å²) in [6, 6.07) is 0.0647. The molecule has 1 heterocycles. The summed E-state index contributed by atoms with van der Waals surface area (Å²) < 4.78 is 5.26. The van der Waals surface area contributed by atoms with Crippen LogP contribution in [0.4, 0.5) is 0 Å². The number of likely N-dealkylation sites (tertiary alicyclic amines) is 1. The van der Waals surface area contributed by atoms with Crippen molar-refractivity contribution < 1.29 is 9.53 Å². The SMILES string of the molecule is COC[C@@H]1/C(=C\N(C)C)C(=O)CN1C(C)(C)C. The van der Waals surface area contributed by atoms with E-state index in [1.807, 2.05) is 25.2 Å². The minimum Gasteiger partial charge on any atom is -0.383 e. The van der Waals surface area contributed by atoms with E-state index in [9.17, 15) is 4.79 Å². The zero-order chi connectivity index (χ0) is 13.2. The largest absolute Gasteiger partial charge is 0.383 e. The fourth-order valence-electron chi connectivity index (χ4n) is 2.19. The maximum Gasteiger partial charge on any atom is 0.175 e. The summed E-state index contributed by atoms with van der Waals surface area (Å²) in [5.41, 5.74) is 0.826. The van der Waals surface area contributed by atoms with Crippen molar-refractivity contribution >= 4 is 5.78 Å². The molecular weight excluding hydrogens is 216 g/mol. The Balaban J connectivity index is 3.03. The number of hydrogen-bond donors (Lipinski definition) is 0. The molecule has 1 aliphatic rings. The van der Waals surface area contributed by atoms with E-state index in [0.29, 0.717) is 13.2 Å². The molecule has 1 atom stereocenters. The van der Waals surface area contributed by atoms with Gasteiger partial charge in [-0.25, -0.2) is 0 Å². The van der Waals surface area contributed by atoms with E-state index < -0.39 is 0 Å². The van der Waals surface area contributed by atoms with Crippen molar-refractivity contribution in [2.24, 2.45) is 0 Å². The maximum atomic E-state index is 12.1. The summed E-state index contributed by atoms with van der Waals surface area (Å²) in [6.07, 6.45) is 1.91. The first-order valence-corrected chi connectivity index (χ1v) is 5.94. The molecule has 17 heavy (non-hydrogen) atoms. The van der Waals surface area contributed by atoms with E-state index in [0.717, 1.165) is 5.57 Å². The molecule has 0 N–H and O–H groups in total. The molecule has 0 saturated carbocycles. The second-order valence-corrected chi connectivity index (χ2v) is 5.74. The van der Waals surface area contributed by atoms with Crippen molar-refractivity contribution in [2.45, 2.75) is 32.4 Å². The lowest BCUT2D eigenvalue weighted by molar-refractivity contribution is -0.115. The quantitative estimate of drug-likeness (QED) is 0.692. The number of carbonyl (C=O) groups is 1. The van der Waals surface area contributed by atoms with Crippen LogP contribution < -0.4 is 0 Å². The van der Waals surface area contributed by atoms with Crippen molar-refractivity contribution in [2.75, 3.05) is 34.4 Å². The number of carbonyl (C=O) groups excluding carboxylic acids is 1. The third-order valence-corrected chi connectivity index (χ3v) is 2.95. The van der Waals surface area contributed by atoms with Crippen LogP contribution in [0.1, 0.15) is 20.8 Å². The molecule has 0 aromatic heterocycles. The Labute approximate surface area is 104 Å². The molecule has 1 rings (SSSR count). The molecule has 98 valence electrons. The van der Waals surface area contributed by atoms with Gasteiger partial charge in [-0.2, -0.15) is 0 Å². The Morgan fingerprint density at radius 1 is 1.47 bits per heavy atom. The van der Waals surface area contributed by atoms with Crippen LogP contribution in [0.2, 0.25) is 0 Å². The van der Waals surface area contributed by atoms with E-state index in [2.05, 4.69) is 25.7 Å². The number of ketones is 1. The van der Waals surface area contributed by atoms with Gasteiger partial charge in [0, 0.05) is 38.5 Å². The van der Waals surface area contributed by atoms with Crippen LogP contribution in [0.3, 0.4) is 0 Å². The number of rotatable bonds is 3. The number of nitrogens with zero attached hydrogens (tertiary/aromatic N) is 2. The number of Topliss-reactive ketones (excluding diaryl/α,β-unsaturated/α-hetero) is 1. The van der Waals surface area contributed by atoms with Crippen molar-refractivity contribution in [3.63, 3.8) is 0 Å². The molecule has 0 bridgehead atoms. The summed E-state index contributed by atoms with van der Waals surface area (Å²) in [7, 11) is 5.55. The van der Waals surface area contributed by atoms with Crippen LogP contribution in [-0.4, -0.2) is 61.5 Å². The highest BCUT2D eigenvalue weighted by atomic mass is 16.5. The van der Waals surface area contributed by atoms with Gasteiger partial charge < -0.3 is 9.64 Å². The van der Waals surface area contributed by atoms with Gasteiger partial charge in [-0.15, -0.1) is 0 Å². The van der Waals surface area contributed by atoms with Gasteiger partial charge in [0.2, 0.25) is 0 Å². The minimum absolute atomic E-state index is 0.0270. The Morgan fingerprint density at radius 2 is 2.06 bits per heavy atom. The minimum atomic E-state index is -0.0270. The molecule has 0 radical (unpaired) electrons. The highest BCUT2D eigenvalue weighted by Crippen LogP contribution is 2.28. The molecule has 1 aliphatic heterocycles. The first kappa shape index (κ1) is 14.2. The molecule has 1 fully saturated rings. The first-order valence-electron chi connectivity index (χ1n) is 5.94. The lowest BCUT2D eigenvalue weighted by atomic mass is 10.0. The second-order valence-electron chi connectivity index (χ2n) is 5.74. The van der Waals surface area contributed by atoms with Gasteiger partial charge in [0.15, 0.2) is 5.78 Å². The Hall–Kier alpha value is -0.870. The molecule has 0 spiro atoms. The maximum absolute atomic E-state index is 12.1. The van der Waals surface area contributed by atoms with Crippen molar-refractivity contribution in [1.82, 2.24) is 9.80 Å². The fourth-order valence-corrected chi connectivity index (χ4v) is 2.19. The van der Waals surface area contributed by atoms with Gasteiger partial charge in [-0.1, -0.05) is 0 Å². The third kappa shape index (κ3) is 3.30. The number of methoxy groups -OCH3 is 1. The normalized spacial score (nSPS) is 24.7. The molecule has 4 heteroatoms. The summed E-state index contributed by atoms with van der Waals surface area (Å²) >= 11 is 0. The van der Waals surface area contributed by atoms with Gasteiger partial charge in [0.25, 0.3) is 0 Å². The number of ether oxygens (including phenoxy) is 1. The van der Waals surface area contributed by atoms with Crippen LogP contribution in [0.25, 0.3) is 0 Å². The molecular formula is C13H24N2O2. The van der Waals surface area contributed by atoms with Crippen molar-refractivity contribution in [3.05, 3.63) is 11.8 Å². The average Bonchev–Trinajstić information content (AvgIpc) is 2.45. The monoisotopic (exact) mass is 240 g/mol. The highest BCUT2D eigenvalue weighted by molar-refractivity contribution is 6.00. The Morgan fingerprint density at radius 3 is 2.47 bits per heavy atom. The van der Waals surface area contributed by atoms with Gasteiger partial charge in [-0.05, 0) is 20.8 Å². The lowest BCUT2D eigenvalue weighted by Crippen LogP contribution is -2.46. The Bertz CT molecular complexity index is 316. The van der Waals surface area contributed by atoms with Crippen molar-refractivity contribution in [3.8, 4) is 0 Å². The van der Waals surface area contributed by atoms with Gasteiger partial charge in [0.05, 0.1) is 19.2 Å². The summed E-state index contributed by atoms with van der Waals surface area (Å²) in [5.74, 6) is 0.204. The average molecular weight is 240 g/mol. The molecule has 1 saturated heterocycles. The van der Waals surface area contributed by atoms with Gasteiger partial charge >= 0.3 is 0 Å². The molecule has 0 aliphatic carbocycles. The molecule has 4 nitrogen and oxygen atoms in total. The predicted molar refractivity (Wildman–Crippen MR) is 68.9 cm³/mol. The second kappa shape index (κ2) is 5.19. The van der Waals surface area contributed by atoms with E-state index >= 15 is 0 Å². The fraction of sp³-hybridized carbons (Fsp3) is 0.769. The van der Waals surface area contributed by atoms with E-state index in [1.165, 1.54) is 0 Å². The molecule has 0 aromatic rings. The third-order valence-electron chi connectivity index (χ3n) is 2.95. The van der Waals surface area contributed by atoms with Crippen LogP contribution in [0, 0.1) is 0 Å². The zero-order valence-electron chi connectivity index (χ0n) is 11.8. The van der Waals surface area contributed by atoms with Crippen LogP contribution in [0.15, 0.2) is 11.8 Å². The van der Waals surface area contributed by atoms with Crippen LogP contribution >= 0.6 is 0 Å². The van der Waals surface area contributed by atoms with Gasteiger partial charge in [0.1, 0.15) is 0 Å². The first-order chi connectivity index (χ1) is 7.77. The number of hydrogen-bond acceptors (Lipinski definition) is 4. The van der Waals surface area contributed by atoms with Crippen LogP contribution in [0.5, 0.6) is 0 Å².